The number of alkyl halides is 4. The van der Waals surface area contributed by atoms with Crippen LogP contribution in [0.2, 0.25) is 0 Å². The Kier molecular flexibility index (Phi) is 8.78. The molecule has 0 spiro atoms. The van der Waals surface area contributed by atoms with E-state index in [9.17, 15) is 17.6 Å². The maximum Gasteiger partial charge on any atom is 0.405 e. The van der Waals surface area contributed by atoms with Gasteiger partial charge < -0.3 is 20.3 Å². The molecule has 4 nitrogen and oxygen atoms in total. The Bertz CT molecular complexity index is 1090. The molecule has 4 rings (SSSR count). The van der Waals surface area contributed by atoms with Gasteiger partial charge in [0.25, 0.3) is 0 Å². The molecule has 0 saturated heterocycles. The third-order valence-electron chi connectivity index (χ3n) is 6.58. The summed E-state index contributed by atoms with van der Waals surface area (Å²) in [4.78, 5) is 2.29. The first kappa shape index (κ1) is 26.3. The third kappa shape index (κ3) is 6.73. The number of fused-ring (bicyclic) bond motifs is 1. The molecular weight excluding hydrogens is 490 g/mol. The number of nitrogens with one attached hydrogen (secondary N) is 2. The number of hydrogen-bond donors (Lipinski definition) is 2. The van der Waals surface area contributed by atoms with E-state index in [4.69, 9.17) is 4.74 Å². The van der Waals surface area contributed by atoms with Crippen LogP contribution in [0, 0.1) is 11.8 Å². The molecule has 0 bridgehead atoms. The fourth-order valence-electron chi connectivity index (χ4n) is 4.91. The minimum absolute atomic E-state index is 0.196. The van der Waals surface area contributed by atoms with Crippen LogP contribution in [0.4, 0.5) is 34.6 Å². The molecule has 0 amide bonds. The van der Waals surface area contributed by atoms with E-state index in [1.165, 1.54) is 35.9 Å². The first-order valence-electron chi connectivity index (χ1n) is 12.2. The molecule has 1 atom stereocenters. The van der Waals surface area contributed by atoms with Crippen LogP contribution in [-0.2, 0) is 6.42 Å². The predicted octanol–water partition coefficient (Wildman–Crippen LogP) is 6.87. The Morgan fingerprint density at radius 1 is 1.11 bits per heavy atom. The lowest BCUT2D eigenvalue weighted by Crippen LogP contribution is -2.39. The van der Waals surface area contributed by atoms with Crippen LogP contribution >= 0.6 is 11.8 Å². The highest BCUT2D eigenvalue weighted by atomic mass is 32.2. The Morgan fingerprint density at radius 3 is 2.64 bits per heavy atom. The number of hydrogen-bond acceptors (Lipinski definition) is 5. The lowest BCUT2D eigenvalue weighted by Gasteiger charge is -2.26. The molecule has 1 aliphatic heterocycles. The van der Waals surface area contributed by atoms with Crippen molar-refractivity contribution < 1.29 is 22.3 Å². The van der Waals surface area contributed by atoms with Crippen molar-refractivity contribution in [2.24, 2.45) is 0 Å². The highest BCUT2D eigenvalue weighted by Gasteiger charge is 2.38. The Labute approximate surface area is 214 Å². The highest BCUT2D eigenvalue weighted by Crippen LogP contribution is 2.39. The molecule has 1 unspecified atom stereocenters. The van der Waals surface area contributed by atoms with Gasteiger partial charge in [0.1, 0.15) is 12.3 Å². The molecule has 2 N–H and O–H groups in total. The van der Waals surface area contributed by atoms with Crippen molar-refractivity contribution in [2.45, 2.75) is 61.7 Å². The van der Waals surface area contributed by atoms with Gasteiger partial charge in [-0.05, 0) is 49.4 Å². The Hall–Kier alpha value is -2.73. The van der Waals surface area contributed by atoms with Gasteiger partial charge >= 0.3 is 6.18 Å². The zero-order valence-corrected chi connectivity index (χ0v) is 21.1. The van der Waals surface area contributed by atoms with Crippen LogP contribution in [0.25, 0.3) is 0 Å². The summed E-state index contributed by atoms with van der Waals surface area (Å²) in [6, 6.07) is 10.7. The van der Waals surface area contributed by atoms with E-state index in [1.54, 1.807) is 18.2 Å². The van der Waals surface area contributed by atoms with Gasteiger partial charge in [0.2, 0.25) is 6.86 Å². The fourth-order valence-corrected chi connectivity index (χ4v) is 5.34. The van der Waals surface area contributed by atoms with Gasteiger partial charge in [-0.2, -0.15) is 13.2 Å². The van der Waals surface area contributed by atoms with E-state index in [0.717, 1.165) is 29.0 Å². The number of benzene rings is 2. The average Bonchev–Trinajstić information content (AvgIpc) is 3.20. The van der Waals surface area contributed by atoms with Gasteiger partial charge in [-0.15, -0.1) is 11.8 Å². The number of halogens is 4. The van der Waals surface area contributed by atoms with Crippen LogP contribution < -0.4 is 20.3 Å². The fraction of sp³-hybridized carbons (Fsp3) is 0.481. The van der Waals surface area contributed by atoms with E-state index in [1.807, 2.05) is 24.5 Å². The Morgan fingerprint density at radius 2 is 1.92 bits per heavy atom. The van der Waals surface area contributed by atoms with Gasteiger partial charge in [-0.25, -0.2) is 4.39 Å². The first-order chi connectivity index (χ1) is 17.4. The lowest BCUT2D eigenvalue weighted by atomic mass is 9.95. The second-order valence-corrected chi connectivity index (χ2v) is 9.92. The minimum atomic E-state index is -4.34. The molecule has 2 aromatic rings. The van der Waals surface area contributed by atoms with Crippen LogP contribution in [0.3, 0.4) is 0 Å². The van der Waals surface area contributed by atoms with Crippen molar-refractivity contribution >= 4 is 28.8 Å². The standard InChI is InChI=1S/C27H31F4N3OS/c1-36-21-12-13-24(26(16-21)35-18-28)32-14-6-9-20-15-22-23(33-19-7-3-2-4-8-19)10-5-11-25(22)34(20)17-27(29,30)31/h5,10-13,16,19-20,32-33H,2-4,7-8,14-15,17-18H2,1H3. The lowest BCUT2D eigenvalue weighted by molar-refractivity contribution is -0.120. The summed E-state index contributed by atoms with van der Waals surface area (Å²) in [5.41, 5.74) is 2.98. The highest BCUT2D eigenvalue weighted by molar-refractivity contribution is 7.98. The molecule has 1 heterocycles. The second kappa shape index (κ2) is 12.0. The van der Waals surface area contributed by atoms with Gasteiger partial charge in [-0.1, -0.05) is 37.2 Å². The second-order valence-electron chi connectivity index (χ2n) is 9.04. The average molecular weight is 522 g/mol. The van der Waals surface area contributed by atoms with Crippen molar-refractivity contribution in [1.82, 2.24) is 0 Å². The molecule has 9 heteroatoms. The molecule has 194 valence electrons. The maximum atomic E-state index is 13.5. The largest absolute Gasteiger partial charge is 0.461 e. The molecule has 2 aliphatic rings. The number of nitrogens with zero attached hydrogens (tertiary/aromatic N) is 1. The normalized spacial score (nSPS) is 17.8. The van der Waals surface area contributed by atoms with E-state index < -0.39 is 25.6 Å². The molecule has 2 aromatic carbocycles. The number of thioether (sulfide) groups is 1. The van der Waals surface area contributed by atoms with Crippen LogP contribution in [0.5, 0.6) is 5.75 Å². The van der Waals surface area contributed by atoms with Crippen LogP contribution in [0.1, 0.15) is 37.7 Å². The smallest absolute Gasteiger partial charge is 0.405 e. The topological polar surface area (TPSA) is 36.5 Å². The summed E-state index contributed by atoms with van der Waals surface area (Å²) in [5, 5.41) is 6.68. The SMILES string of the molecule is CSc1ccc(NCC#CC2Cc3c(NC4CCCCC4)cccc3N2CC(F)(F)F)c(OCF)c1. The van der Waals surface area contributed by atoms with E-state index >= 15 is 0 Å². The summed E-state index contributed by atoms with van der Waals surface area (Å²) >= 11 is 1.51. The molecule has 0 radical (unpaired) electrons. The zero-order valence-electron chi connectivity index (χ0n) is 20.3. The summed E-state index contributed by atoms with van der Waals surface area (Å²) in [6.07, 6.45) is 3.73. The van der Waals surface area contributed by atoms with E-state index in [2.05, 4.69) is 22.5 Å². The Balaban J connectivity index is 1.50. The first-order valence-corrected chi connectivity index (χ1v) is 13.4. The van der Waals surface area contributed by atoms with Crippen molar-refractivity contribution in [3.8, 4) is 17.6 Å². The minimum Gasteiger partial charge on any atom is -0.461 e. The van der Waals surface area contributed by atoms with Gasteiger partial charge in [0, 0.05) is 34.3 Å². The van der Waals surface area contributed by atoms with Gasteiger partial charge in [0.05, 0.1) is 18.3 Å². The van der Waals surface area contributed by atoms with E-state index in [0.29, 0.717) is 29.6 Å². The summed E-state index contributed by atoms with van der Waals surface area (Å²) in [5.74, 6) is 6.39. The molecule has 1 aliphatic carbocycles. The van der Waals surface area contributed by atoms with Crippen molar-refractivity contribution in [2.75, 3.05) is 41.7 Å². The molecule has 0 aromatic heterocycles. The third-order valence-corrected chi connectivity index (χ3v) is 7.31. The van der Waals surface area contributed by atoms with E-state index in [-0.39, 0.29) is 6.54 Å². The van der Waals surface area contributed by atoms with Crippen molar-refractivity contribution in [1.29, 1.82) is 0 Å². The van der Waals surface area contributed by atoms with Crippen LogP contribution in [-0.4, -0.2) is 44.5 Å². The summed E-state index contributed by atoms with van der Waals surface area (Å²) in [6.45, 7) is -1.81. The molecule has 1 fully saturated rings. The van der Waals surface area contributed by atoms with Gasteiger partial charge in [-0.3, -0.25) is 0 Å². The number of rotatable bonds is 8. The molecule has 1 saturated carbocycles. The number of anilines is 3. The quantitative estimate of drug-likeness (QED) is 0.225. The maximum absolute atomic E-state index is 13.5. The molecule has 36 heavy (non-hydrogen) atoms. The van der Waals surface area contributed by atoms with Crippen molar-refractivity contribution in [3.63, 3.8) is 0 Å². The summed E-state index contributed by atoms with van der Waals surface area (Å²) < 4.78 is 58.3. The van der Waals surface area contributed by atoms with Gasteiger partial charge in [0.15, 0.2) is 0 Å². The molecular formula is C27H31F4N3OS. The number of ether oxygens (including phenoxy) is 1. The monoisotopic (exact) mass is 521 g/mol. The van der Waals surface area contributed by atoms with Crippen LogP contribution in [0.15, 0.2) is 41.3 Å². The predicted molar refractivity (Wildman–Crippen MR) is 139 cm³/mol. The zero-order chi connectivity index (χ0) is 25.5. The van der Waals surface area contributed by atoms with Crippen molar-refractivity contribution in [3.05, 3.63) is 42.0 Å². The summed E-state index contributed by atoms with van der Waals surface area (Å²) in [7, 11) is 0.